The molecule has 1 unspecified atom stereocenters. The minimum absolute atomic E-state index is 0.651. The Kier molecular flexibility index (Phi) is 5.49. The average molecular weight is 198 g/mol. The number of nitrogens with zero attached hydrogens (tertiary/aromatic N) is 1. The number of hydrogen-bond donors (Lipinski definition) is 1. The summed E-state index contributed by atoms with van der Waals surface area (Å²) in [6.07, 6.45) is 7.27. The molecule has 1 aliphatic rings. The zero-order chi connectivity index (χ0) is 10.4. The third-order valence-corrected chi connectivity index (χ3v) is 3.48. The molecule has 1 saturated carbocycles. The van der Waals surface area contributed by atoms with Crippen molar-refractivity contribution >= 4 is 0 Å². The van der Waals surface area contributed by atoms with Crippen molar-refractivity contribution < 1.29 is 0 Å². The topological polar surface area (TPSA) is 15.3 Å². The predicted octanol–water partition coefficient (Wildman–Crippen LogP) is 2.11. The standard InChI is InChI=1S/C12H26N2/c1-11(14(2)3)9-13-10-12-7-5-4-6-8-12/h11-13H,4-10H2,1-3H3. The number of likely N-dealkylation sites (N-methyl/N-ethyl adjacent to an activating group) is 1. The van der Waals surface area contributed by atoms with Gasteiger partial charge in [0.2, 0.25) is 0 Å². The van der Waals surface area contributed by atoms with Gasteiger partial charge < -0.3 is 10.2 Å². The highest BCUT2D eigenvalue weighted by molar-refractivity contribution is 4.70. The first-order valence-corrected chi connectivity index (χ1v) is 6.07. The molecule has 0 aromatic carbocycles. The first-order valence-electron chi connectivity index (χ1n) is 6.07. The number of nitrogens with one attached hydrogen (secondary N) is 1. The monoisotopic (exact) mass is 198 g/mol. The van der Waals surface area contributed by atoms with E-state index < -0.39 is 0 Å². The molecule has 0 aliphatic heterocycles. The molecule has 1 rings (SSSR count). The lowest BCUT2D eigenvalue weighted by molar-refractivity contribution is 0.284. The molecular formula is C12H26N2. The molecule has 0 heterocycles. The lowest BCUT2D eigenvalue weighted by Crippen LogP contribution is -2.37. The van der Waals surface area contributed by atoms with Crippen LogP contribution in [0.1, 0.15) is 39.0 Å². The molecule has 14 heavy (non-hydrogen) atoms. The van der Waals surface area contributed by atoms with Crippen molar-refractivity contribution in [2.24, 2.45) is 5.92 Å². The second-order valence-corrected chi connectivity index (χ2v) is 4.97. The SMILES string of the molecule is CC(CNCC1CCCCC1)N(C)C. The summed E-state index contributed by atoms with van der Waals surface area (Å²) < 4.78 is 0. The molecule has 2 heteroatoms. The fraction of sp³-hybridized carbons (Fsp3) is 1.00. The van der Waals surface area contributed by atoms with Crippen LogP contribution in [0.2, 0.25) is 0 Å². The fourth-order valence-electron chi connectivity index (χ4n) is 2.07. The van der Waals surface area contributed by atoms with E-state index in [1.165, 1.54) is 38.6 Å². The first kappa shape index (κ1) is 12.0. The summed E-state index contributed by atoms with van der Waals surface area (Å²) in [5, 5.41) is 3.59. The van der Waals surface area contributed by atoms with Crippen LogP contribution in [-0.4, -0.2) is 38.1 Å². The fourth-order valence-corrected chi connectivity index (χ4v) is 2.07. The molecule has 0 amide bonds. The normalized spacial score (nSPS) is 21.4. The van der Waals surface area contributed by atoms with Gasteiger partial charge in [0.05, 0.1) is 0 Å². The molecule has 1 fully saturated rings. The molecule has 0 aromatic rings. The van der Waals surface area contributed by atoms with Crippen molar-refractivity contribution in [1.29, 1.82) is 0 Å². The van der Waals surface area contributed by atoms with E-state index >= 15 is 0 Å². The van der Waals surface area contributed by atoms with Crippen LogP contribution in [-0.2, 0) is 0 Å². The van der Waals surface area contributed by atoms with E-state index in [9.17, 15) is 0 Å². The maximum atomic E-state index is 3.59. The molecule has 0 saturated heterocycles. The van der Waals surface area contributed by atoms with Gasteiger partial charge in [-0.15, -0.1) is 0 Å². The van der Waals surface area contributed by atoms with Gasteiger partial charge in [-0.25, -0.2) is 0 Å². The summed E-state index contributed by atoms with van der Waals surface area (Å²) in [5.41, 5.74) is 0. The Balaban J connectivity index is 2.02. The first-order chi connectivity index (χ1) is 6.70. The molecule has 0 bridgehead atoms. The van der Waals surface area contributed by atoms with Crippen molar-refractivity contribution in [2.45, 2.75) is 45.1 Å². The summed E-state index contributed by atoms with van der Waals surface area (Å²) in [5.74, 6) is 0.957. The van der Waals surface area contributed by atoms with E-state index in [1.54, 1.807) is 0 Å². The van der Waals surface area contributed by atoms with Gasteiger partial charge >= 0.3 is 0 Å². The second kappa shape index (κ2) is 6.41. The molecule has 1 aliphatic carbocycles. The Morgan fingerprint density at radius 3 is 2.43 bits per heavy atom. The van der Waals surface area contributed by atoms with Gasteiger partial charge in [-0.05, 0) is 46.3 Å². The summed E-state index contributed by atoms with van der Waals surface area (Å²) in [4.78, 5) is 2.27. The van der Waals surface area contributed by atoms with Gasteiger partial charge in [0, 0.05) is 12.6 Å². The highest BCUT2D eigenvalue weighted by Crippen LogP contribution is 2.22. The van der Waals surface area contributed by atoms with Crippen LogP contribution < -0.4 is 5.32 Å². The van der Waals surface area contributed by atoms with Crippen LogP contribution >= 0.6 is 0 Å². The minimum Gasteiger partial charge on any atom is -0.315 e. The third kappa shape index (κ3) is 4.43. The Bertz CT molecular complexity index is 139. The van der Waals surface area contributed by atoms with Crippen molar-refractivity contribution in [3.63, 3.8) is 0 Å². The zero-order valence-corrected chi connectivity index (χ0v) is 10.1. The van der Waals surface area contributed by atoms with Crippen LogP contribution in [0.15, 0.2) is 0 Å². The van der Waals surface area contributed by atoms with Gasteiger partial charge in [0.15, 0.2) is 0 Å². The highest BCUT2D eigenvalue weighted by atomic mass is 15.1. The molecule has 0 spiro atoms. The lowest BCUT2D eigenvalue weighted by Gasteiger charge is -2.24. The summed E-state index contributed by atoms with van der Waals surface area (Å²) in [6.45, 7) is 4.63. The van der Waals surface area contributed by atoms with E-state index in [2.05, 4.69) is 31.2 Å². The number of rotatable bonds is 5. The Morgan fingerprint density at radius 2 is 1.86 bits per heavy atom. The van der Waals surface area contributed by atoms with Gasteiger partial charge in [0.1, 0.15) is 0 Å². The Labute approximate surface area is 89.1 Å². The quantitative estimate of drug-likeness (QED) is 0.728. The number of hydrogen-bond acceptors (Lipinski definition) is 2. The van der Waals surface area contributed by atoms with Crippen LogP contribution in [0.3, 0.4) is 0 Å². The maximum absolute atomic E-state index is 3.59. The average Bonchev–Trinajstić information content (AvgIpc) is 2.19. The maximum Gasteiger partial charge on any atom is 0.0186 e. The van der Waals surface area contributed by atoms with Crippen molar-refractivity contribution in [2.75, 3.05) is 27.2 Å². The van der Waals surface area contributed by atoms with Crippen LogP contribution in [0, 0.1) is 5.92 Å². The van der Waals surface area contributed by atoms with Gasteiger partial charge in [-0.3, -0.25) is 0 Å². The van der Waals surface area contributed by atoms with Gasteiger partial charge in [0.25, 0.3) is 0 Å². The molecule has 1 atom stereocenters. The minimum atomic E-state index is 0.651. The third-order valence-electron chi connectivity index (χ3n) is 3.48. The van der Waals surface area contributed by atoms with E-state index in [4.69, 9.17) is 0 Å². The van der Waals surface area contributed by atoms with E-state index in [1.807, 2.05) is 0 Å². The van der Waals surface area contributed by atoms with E-state index in [0.29, 0.717) is 6.04 Å². The molecule has 0 aromatic heterocycles. The molecule has 2 nitrogen and oxygen atoms in total. The van der Waals surface area contributed by atoms with E-state index in [-0.39, 0.29) is 0 Å². The van der Waals surface area contributed by atoms with Crippen molar-refractivity contribution in [3.05, 3.63) is 0 Å². The molecule has 0 radical (unpaired) electrons. The second-order valence-electron chi connectivity index (χ2n) is 4.97. The largest absolute Gasteiger partial charge is 0.315 e. The van der Waals surface area contributed by atoms with E-state index in [0.717, 1.165) is 12.5 Å². The summed E-state index contributed by atoms with van der Waals surface area (Å²) in [7, 11) is 4.29. The predicted molar refractivity (Wildman–Crippen MR) is 62.6 cm³/mol. The molecule has 1 N–H and O–H groups in total. The summed E-state index contributed by atoms with van der Waals surface area (Å²) >= 11 is 0. The Morgan fingerprint density at radius 1 is 1.21 bits per heavy atom. The van der Waals surface area contributed by atoms with Gasteiger partial charge in [-0.1, -0.05) is 19.3 Å². The summed E-state index contributed by atoms with van der Waals surface area (Å²) in [6, 6.07) is 0.651. The molecule has 84 valence electrons. The molecular weight excluding hydrogens is 172 g/mol. The van der Waals surface area contributed by atoms with Gasteiger partial charge in [-0.2, -0.15) is 0 Å². The van der Waals surface area contributed by atoms with Crippen molar-refractivity contribution in [1.82, 2.24) is 10.2 Å². The lowest BCUT2D eigenvalue weighted by atomic mass is 9.89. The smallest absolute Gasteiger partial charge is 0.0186 e. The zero-order valence-electron chi connectivity index (χ0n) is 10.1. The van der Waals surface area contributed by atoms with Crippen LogP contribution in [0.25, 0.3) is 0 Å². The highest BCUT2D eigenvalue weighted by Gasteiger charge is 2.13. The Hall–Kier alpha value is -0.0800. The van der Waals surface area contributed by atoms with Crippen molar-refractivity contribution in [3.8, 4) is 0 Å². The van der Waals surface area contributed by atoms with Crippen LogP contribution in [0.5, 0.6) is 0 Å². The van der Waals surface area contributed by atoms with Crippen LogP contribution in [0.4, 0.5) is 0 Å².